The third kappa shape index (κ3) is 3.89. The summed E-state index contributed by atoms with van der Waals surface area (Å²) in [6.07, 6.45) is 6.27. The summed E-state index contributed by atoms with van der Waals surface area (Å²) in [4.78, 5) is 11.3. The molecule has 1 saturated carbocycles. The van der Waals surface area contributed by atoms with Crippen molar-refractivity contribution >= 4 is 0 Å². The first-order valence-corrected chi connectivity index (χ1v) is 9.08. The first kappa shape index (κ1) is 16.6. The Bertz CT molecular complexity index is 694. The van der Waals surface area contributed by atoms with E-state index in [-0.39, 0.29) is 12.2 Å². The van der Waals surface area contributed by atoms with E-state index >= 15 is 0 Å². The van der Waals surface area contributed by atoms with E-state index in [1.807, 2.05) is 43.6 Å². The number of morpholine rings is 1. The number of aromatic nitrogens is 2. The smallest absolute Gasteiger partial charge is 0.0992 e. The minimum absolute atomic E-state index is 0.156. The molecule has 3 atom stereocenters. The third-order valence-electron chi connectivity index (χ3n) is 5.15. The Morgan fingerprint density at radius 1 is 1.24 bits per heavy atom. The zero-order chi connectivity index (χ0) is 17.1. The van der Waals surface area contributed by atoms with Gasteiger partial charge in [0.1, 0.15) is 0 Å². The highest BCUT2D eigenvalue weighted by Crippen LogP contribution is 2.33. The fourth-order valence-corrected chi connectivity index (χ4v) is 3.96. The molecule has 0 unspecified atom stereocenters. The molecule has 2 aromatic heterocycles. The minimum Gasteiger partial charge on any atom is -0.373 e. The Kier molecular flexibility index (Phi) is 5.06. The van der Waals surface area contributed by atoms with Gasteiger partial charge in [-0.3, -0.25) is 14.9 Å². The van der Waals surface area contributed by atoms with Crippen LogP contribution in [0.2, 0.25) is 0 Å². The van der Waals surface area contributed by atoms with Gasteiger partial charge in [0.2, 0.25) is 0 Å². The summed E-state index contributed by atoms with van der Waals surface area (Å²) in [6.45, 7) is 5.24. The van der Waals surface area contributed by atoms with Crippen molar-refractivity contribution in [2.24, 2.45) is 0 Å². The van der Waals surface area contributed by atoms with Crippen molar-refractivity contribution in [3.63, 3.8) is 0 Å². The van der Waals surface area contributed by atoms with Gasteiger partial charge in [-0.05, 0) is 43.5 Å². The van der Waals surface area contributed by atoms with E-state index < -0.39 is 0 Å². The first-order chi connectivity index (χ1) is 12.3. The molecule has 132 valence electrons. The largest absolute Gasteiger partial charge is 0.373 e. The quantitative estimate of drug-likeness (QED) is 0.838. The van der Waals surface area contributed by atoms with Crippen LogP contribution in [0.3, 0.4) is 0 Å². The van der Waals surface area contributed by atoms with Crippen molar-refractivity contribution in [3.05, 3.63) is 59.7 Å². The van der Waals surface area contributed by atoms with Gasteiger partial charge >= 0.3 is 0 Å². The Morgan fingerprint density at radius 2 is 2.20 bits per heavy atom. The van der Waals surface area contributed by atoms with E-state index in [0.717, 1.165) is 43.9 Å². The zero-order valence-corrected chi connectivity index (χ0v) is 14.7. The van der Waals surface area contributed by atoms with Gasteiger partial charge in [0.25, 0.3) is 0 Å². The number of hydrogen-bond acceptors (Lipinski definition) is 5. The first-order valence-electron chi connectivity index (χ1n) is 9.08. The molecule has 0 aromatic carbocycles. The molecule has 1 aliphatic heterocycles. The fraction of sp³-hybridized carbons (Fsp3) is 0.500. The van der Waals surface area contributed by atoms with Gasteiger partial charge in [-0.2, -0.15) is 0 Å². The fourth-order valence-electron chi connectivity index (χ4n) is 3.96. The lowest BCUT2D eigenvalue weighted by Gasteiger charge is -2.39. The van der Waals surface area contributed by atoms with Crippen LogP contribution in [0.4, 0.5) is 0 Å². The normalized spacial score (nSPS) is 26.5. The lowest BCUT2D eigenvalue weighted by atomic mass is 10.1. The number of pyridine rings is 2. The minimum atomic E-state index is 0.156. The SMILES string of the molecule is Cc1cccc(CO[C@@H]2CC[C@H]3[C@H]2OCCN3Cc2cccnc2)n1. The molecule has 0 N–H and O–H groups in total. The predicted molar refractivity (Wildman–Crippen MR) is 95.0 cm³/mol. The van der Waals surface area contributed by atoms with Crippen LogP contribution in [0.5, 0.6) is 0 Å². The monoisotopic (exact) mass is 339 g/mol. The average molecular weight is 339 g/mol. The van der Waals surface area contributed by atoms with Crippen molar-refractivity contribution in [3.8, 4) is 0 Å². The molecular formula is C20H25N3O2. The molecule has 0 spiro atoms. The second-order valence-electron chi connectivity index (χ2n) is 6.93. The molecule has 0 radical (unpaired) electrons. The number of ether oxygens (including phenoxy) is 2. The van der Waals surface area contributed by atoms with Crippen LogP contribution in [0.15, 0.2) is 42.7 Å². The summed E-state index contributed by atoms with van der Waals surface area (Å²) in [6, 6.07) is 10.6. The summed E-state index contributed by atoms with van der Waals surface area (Å²) >= 11 is 0. The van der Waals surface area contributed by atoms with Crippen LogP contribution < -0.4 is 0 Å². The van der Waals surface area contributed by atoms with Crippen LogP contribution >= 0.6 is 0 Å². The van der Waals surface area contributed by atoms with Gasteiger partial charge in [-0.25, -0.2) is 0 Å². The highest BCUT2D eigenvalue weighted by atomic mass is 16.5. The van der Waals surface area contributed by atoms with Gasteiger partial charge < -0.3 is 9.47 Å². The zero-order valence-electron chi connectivity index (χ0n) is 14.7. The molecule has 0 amide bonds. The molecule has 25 heavy (non-hydrogen) atoms. The molecule has 3 heterocycles. The molecular weight excluding hydrogens is 314 g/mol. The molecule has 1 saturated heterocycles. The maximum Gasteiger partial charge on any atom is 0.0992 e. The Labute approximate surface area is 149 Å². The van der Waals surface area contributed by atoms with Gasteiger partial charge in [0.15, 0.2) is 0 Å². The molecule has 0 bridgehead atoms. The van der Waals surface area contributed by atoms with Crippen LogP contribution in [0, 0.1) is 6.92 Å². The standard InChI is InChI=1S/C20H25N3O2/c1-15-4-2-6-17(22-15)14-25-19-8-7-18-20(19)24-11-10-23(18)13-16-5-3-9-21-12-16/h2-6,9,12,18-20H,7-8,10-11,13-14H2,1H3/t18-,19+,20+/m0/s1. The molecule has 2 aromatic rings. The maximum absolute atomic E-state index is 6.19. The van der Waals surface area contributed by atoms with Gasteiger partial charge in [-0.15, -0.1) is 0 Å². The van der Waals surface area contributed by atoms with Gasteiger partial charge in [0.05, 0.1) is 31.1 Å². The lowest BCUT2D eigenvalue weighted by Crippen LogP contribution is -2.51. The summed E-state index contributed by atoms with van der Waals surface area (Å²) in [5, 5.41) is 0. The Morgan fingerprint density at radius 3 is 3.04 bits per heavy atom. The van der Waals surface area contributed by atoms with Crippen molar-refractivity contribution in [1.29, 1.82) is 0 Å². The number of rotatable bonds is 5. The topological polar surface area (TPSA) is 47.5 Å². The average Bonchev–Trinajstić information content (AvgIpc) is 3.05. The Balaban J connectivity index is 1.37. The van der Waals surface area contributed by atoms with Crippen LogP contribution in [0.25, 0.3) is 0 Å². The van der Waals surface area contributed by atoms with E-state index in [0.29, 0.717) is 12.6 Å². The van der Waals surface area contributed by atoms with Crippen LogP contribution in [-0.2, 0) is 22.6 Å². The number of aryl methyl sites for hydroxylation is 1. The van der Waals surface area contributed by atoms with Crippen LogP contribution in [0.1, 0.15) is 29.8 Å². The number of hydrogen-bond donors (Lipinski definition) is 0. The molecule has 2 fully saturated rings. The Hall–Kier alpha value is -1.82. The maximum atomic E-state index is 6.19. The highest BCUT2D eigenvalue weighted by molar-refractivity contribution is 5.10. The van der Waals surface area contributed by atoms with E-state index in [1.165, 1.54) is 5.56 Å². The van der Waals surface area contributed by atoms with Crippen LogP contribution in [-0.4, -0.2) is 46.3 Å². The third-order valence-corrected chi connectivity index (χ3v) is 5.15. The van der Waals surface area contributed by atoms with Crippen molar-refractivity contribution in [2.45, 2.75) is 51.2 Å². The molecule has 5 nitrogen and oxygen atoms in total. The van der Waals surface area contributed by atoms with E-state index in [9.17, 15) is 0 Å². The molecule has 2 aliphatic rings. The molecule has 5 heteroatoms. The summed E-state index contributed by atoms with van der Waals surface area (Å²) in [7, 11) is 0. The number of fused-ring (bicyclic) bond motifs is 1. The van der Waals surface area contributed by atoms with Crippen molar-refractivity contribution in [2.75, 3.05) is 13.2 Å². The summed E-state index contributed by atoms with van der Waals surface area (Å²) in [5.74, 6) is 0. The lowest BCUT2D eigenvalue weighted by molar-refractivity contribution is -0.119. The summed E-state index contributed by atoms with van der Waals surface area (Å²) in [5.41, 5.74) is 3.28. The second kappa shape index (κ2) is 7.60. The summed E-state index contributed by atoms with van der Waals surface area (Å²) < 4.78 is 12.3. The number of nitrogens with zero attached hydrogens (tertiary/aromatic N) is 3. The predicted octanol–water partition coefficient (Wildman–Crippen LogP) is 2.73. The van der Waals surface area contributed by atoms with E-state index in [1.54, 1.807) is 0 Å². The highest BCUT2D eigenvalue weighted by Gasteiger charge is 2.43. The second-order valence-corrected chi connectivity index (χ2v) is 6.93. The van der Waals surface area contributed by atoms with Gasteiger partial charge in [-0.1, -0.05) is 12.1 Å². The van der Waals surface area contributed by atoms with Gasteiger partial charge in [0, 0.05) is 37.2 Å². The van der Waals surface area contributed by atoms with Crippen molar-refractivity contribution in [1.82, 2.24) is 14.9 Å². The van der Waals surface area contributed by atoms with Crippen molar-refractivity contribution < 1.29 is 9.47 Å². The molecule has 1 aliphatic carbocycles. The van der Waals surface area contributed by atoms with E-state index in [2.05, 4.69) is 20.9 Å². The van der Waals surface area contributed by atoms with E-state index in [4.69, 9.17) is 9.47 Å². The molecule has 4 rings (SSSR count).